The number of rotatable bonds is 2. The fourth-order valence-corrected chi connectivity index (χ4v) is 0.860. The Bertz CT molecular complexity index is 376. The molecule has 92 valence electrons. The second-order valence-electron chi connectivity index (χ2n) is 2.98. The Balaban J connectivity index is 0.000000325. The second-order valence-corrected chi connectivity index (χ2v) is 2.98. The van der Waals surface area contributed by atoms with Crippen molar-refractivity contribution in [1.29, 1.82) is 0 Å². The molecule has 0 saturated carbocycles. The molecule has 0 aromatic carbocycles. The van der Waals surface area contributed by atoms with Crippen LogP contribution in [-0.4, -0.2) is 28.0 Å². The van der Waals surface area contributed by atoms with Gasteiger partial charge in [0.25, 0.3) is 0 Å². The minimum atomic E-state index is -0.848. The zero-order valence-corrected chi connectivity index (χ0v) is 9.54. The second kappa shape index (κ2) is 7.98. The predicted molar refractivity (Wildman–Crippen MR) is 58.0 cm³/mol. The van der Waals surface area contributed by atoms with Gasteiger partial charge in [0.15, 0.2) is 0 Å². The molecule has 0 unspecified atom stereocenters. The average molecular weight is 239 g/mol. The molecule has 0 aliphatic carbocycles. The smallest absolute Gasteiger partial charge is 0.310 e. The average Bonchev–Trinajstić information content (AvgIpc) is 2.16. The lowest BCUT2D eigenvalue weighted by Gasteiger charge is -1.91. The molecule has 17 heavy (non-hydrogen) atoms. The van der Waals surface area contributed by atoms with Gasteiger partial charge in [0.05, 0.1) is 12.1 Å². The van der Waals surface area contributed by atoms with Crippen molar-refractivity contribution in [2.75, 3.05) is 0 Å². The van der Waals surface area contributed by atoms with Crippen LogP contribution in [0.4, 0.5) is 0 Å². The third-order valence-electron chi connectivity index (χ3n) is 1.35. The number of carbonyl (C=O) groups excluding carboxylic acids is 2. The largest absolute Gasteiger partial charge is 0.481 e. The summed E-state index contributed by atoms with van der Waals surface area (Å²) in [6.45, 7) is 2.36. The van der Waals surface area contributed by atoms with Crippen molar-refractivity contribution in [2.24, 2.45) is 0 Å². The monoisotopic (exact) mass is 239 g/mol. The van der Waals surface area contributed by atoms with Crippen LogP contribution >= 0.6 is 0 Å². The number of aliphatic carboxylic acids is 1. The summed E-state index contributed by atoms with van der Waals surface area (Å²) in [5.74, 6) is -1.97. The van der Waals surface area contributed by atoms with E-state index in [9.17, 15) is 14.4 Å². The molecule has 1 aromatic heterocycles. The van der Waals surface area contributed by atoms with Gasteiger partial charge in [-0.2, -0.15) is 0 Å². The van der Waals surface area contributed by atoms with E-state index in [4.69, 9.17) is 5.11 Å². The van der Waals surface area contributed by atoms with E-state index in [1.54, 1.807) is 24.4 Å². The predicted octanol–water partition coefficient (Wildman–Crippen LogP) is 0.805. The molecule has 0 spiro atoms. The molecular weight excluding hydrogens is 226 g/mol. The fraction of sp³-hybridized carbons (Fsp3) is 0.273. The van der Waals surface area contributed by atoms with Crippen molar-refractivity contribution < 1.29 is 24.2 Å². The number of ether oxygens (including phenoxy) is 1. The summed E-state index contributed by atoms with van der Waals surface area (Å²) in [6, 6.07) is 5.21. The molecule has 6 heteroatoms. The van der Waals surface area contributed by atoms with Crippen molar-refractivity contribution in [3.05, 3.63) is 30.1 Å². The summed E-state index contributed by atoms with van der Waals surface area (Å²) < 4.78 is 3.97. The van der Waals surface area contributed by atoms with Crippen molar-refractivity contribution in [1.82, 2.24) is 4.98 Å². The summed E-state index contributed by atoms with van der Waals surface area (Å²) in [5.41, 5.74) is 0.593. The Morgan fingerprint density at radius 2 is 1.82 bits per heavy atom. The number of carboxylic acid groups (broad SMARTS) is 1. The summed E-state index contributed by atoms with van der Waals surface area (Å²) in [4.78, 5) is 33.6. The van der Waals surface area contributed by atoms with Gasteiger partial charge in [0, 0.05) is 20.0 Å². The molecule has 0 aliphatic heterocycles. The molecule has 0 radical (unpaired) electrons. The van der Waals surface area contributed by atoms with Gasteiger partial charge >= 0.3 is 17.9 Å². The third-order valence-corrected chi connectivity index (χ3v) is 1.35. The van der Waals surface area contributed by atoms with Crippen LogP contribution in [0.3, 0.4) is 0 Å². The molecule has 1 N–H and O–H groups in total. The highest BCUT2D eigenvalue weighted by Gasteiger charge is 1.98. The van der Waals surface area contributed by atoms with Gasteiger partial charge in [-0.25, -0.2) is 0 Å². The topological polar surface area (TPSA) is 93.6 Å². The lowest BCUT2D eigenvalue weighted by Crippen LogP contribution is -2.03. The first-order valence-electron chi connectivity index (χ1n) is 4.72. The van der Waals surface area contributed by atoms with Crippen molar-refractivity contribution in [3.63, 3.8) is 0 Å². The summed E-state index contributed by atoms with van der Waals surface area (Å²) in [6.07, 6.45) is 1.58. The molecule has 0 atom stereocenters. The Labute approximate surface area is 98.2 Å². The van der Waals surface area contributed by atoms with E-state index < -0.39 is 17.9 Å². The first-order chi connectivity index (χ1) is 7.91. The summed E-state index contributed by atoms with van der Waals surface area (Å²) in [7, 11) is 0. The highest BCUT2D eigenvalue weighted by Crippen LogP contribution is 1.93. The van der Waals surface area contributed by atoms with E-state index in [0.717, 1.165) is 0 Å². The molecule has 6 nitrogen and oxygen atoms in total. The van der Waals surface area contributed by atoms with Gasteiger partial charge in [-0.05, 0) is 12.1 Å². The SMILES string of the molecule is CC(=O)OC(C)=O.O=C(O)Cc1ccccn1. The number of hydrogen-bond donors (Lipinski definition) is 1. The van der Waals surface area contributed by atoms with Gasteiger partial charge in [-0.3, -0.25) is 19.4 Å². The van der Waals surface area contributed by atoms with Gasteiger partial charge in [0.1, 0.15) is 0 Å². The Morgan fingerprint density at radius 1 is 1.24 bits per heavy atom. The minimum absolute atomic E-state index is 0.000833. The van der Waals surface area contributed by atoms with E-state index in [-0.39, 0.29) is 6.42 Å². The minimum Gasteiger partial charge on any atom is -0.481 e. The first-order valence-corrected chi connectivity index (χ1v) is 4.72. The molecule has 0 bridgehead atoms. The highest BCUT2D eigenvalue weighted by molar-refractivity contribution is 5.82. The maximum absolute atomic E-state index is 10.1. The maximum atomic E-state index is 10.1. The summed E-state index contributed by atoms with van der Waals surface area (Å²) >= 11 is 0. The van der Waals surface area contributed by atoms with E-state index in [1.807, 2.05) is 0 Å². The number of aromatic nitrogens is 1. The number of esters is 2. The molecule has 0 aliphatic rings. The zero-order valence-electron chi connectivity index (χ0n) is 9.54. The maximum Gasteiger partial charge on any atom is 0.310 e. The van der Waals surface area contributed by atoms with E-state index in [0.29, 0.717) is 5.69 Å². The van der Waals surface area contributed by atoms with E-state index in [2.05, 4.69) is 9.72 Å². The fourth-order valence-electron chi connectivity index (χ4n) is 0.860. The van der Waals surface area contributed by atoms with Gasteiger partial charge in [-0.1, -0.05) is 6.07 Å². The lowest BCUT2D eigenvalue weighted by molar-refractivity contribution is -0.156. The molecular formula is C11H13NO5. The van der Waals surface area contributed by atoms with Crippen LogP contribution in [0, 0.1) is 0 Å². The molecule has 1 rings (SSSR count). The van der Waals surface area contributed by atoms with Crippen LogP contribution in [0.5, 0.6) is 0 Å². The molecule has 1 heterocycles. The van der Waals surface area contributed by atoms with E-state index >= 15 is 0 Å². The lowest BCUT2D eigenvalue weighted by atomic mass is 10.3. The molecule has 0 amide bonds. The Morgan fingerprint density at radius 3 is 2.12 bits per heavy atom. The van der Waals surface area contributed by atoms with Crippen molar-refractivity contribution in [3.8, 4) is 0 Å². The number of nitrogens with zero attached hydrogens (tertiary/aromatic N) is 1. The number of carboxylic acids is 1. The molecule has 1 aromatic rings. The Hall–Kier alpha value is -2.24. The molecule has 0 saturated heterocycles. The van der Waals surface area contributed by atoms with Gasteiger partial charge in [-0.15, -0.1) is 0 Å². The number of carbonyl (C=O) groups is 3. The van der Waals surface area contributed by atoms with Crippen LogP contribution in [0.25, 0.3) is 0 Å². The van der Waals surface area contributed by atoms with Crippen molar-refractivity contribution in [2.45, 2.75) is 20.3 Å². The molecule has 0 fully saturated rings. The standard InChI is InChI=1S/C7H7NO2.C4H6O3/c9-7(10)5-6-3-1-2-4-8-6;1-3(5)7-4(2)6/h1-4H,5H2,(H,9,10);1-2H3. The third kappa shape index (κ3) is 10.1. The quantitative estimate of drug-likeness (QED) is 0.606. The van der Waals surface area contributed by atoms with E-state index in [1.165, 1.54) is 13.8 Å². The number of pyridine rings is 1. The zero-order chi connectivity index (χ0) is 13.3. The van der Waals surface area contributed by atoms with Crippen molar-refractivity contribution >= 4 is 17.9 Å². The number of hydrogen-bond acceptors (Lipinski definition) is 5. The summed E-state index contributed by atoms with van der Waals surface area (Å²) in [5, 5.41) is 8.33. The Kier molecular flexibility index (Phi) is 6.92. The highest BCUT2D eigenvalue weighted by atomic mass is 16.6. The van der Waals surface area contributed by atoms with Crippen LogP contribution in [0.1, 0.15) is 19.5 Å². The van der Waals surface area contributed by atoms with Gasteiger partial charge in [0.2, 0.25) is 0 Å². The normalized spacial score (nSPS) is 8.59. The first kappa shape index (κ1) is 14.8. The van der Waals surface area contributed by atoms with Crippen LogP contribution in [0.15, 0.2) is 24.4 Å². The van der Waals surface area contributed by atoms with Gasteiger partial charge < -0.3 is 9.84 Å². The van der Waals surface area contributed by atoms with Crippen LogP contribution in [0.2, 0.25) is 0 Å². The van der Waals surface area contributed by atoms with Crippen LogP contribution < -0.4 is 0 Å². The van der Waals surface area contributed by atoms with Crippen LogP contribution in [-0.2, 0) is 25.5 Å².